The Morgan fingerprint density at radius 1 is 1.11 bits per heavy atom. The number of nitrogens with zero attached hydrogens (tertiary/aromatic N) is 2. The lowest BCUT2D eigenvalue weighted by atomic mass is 10.0. The molecule has 0 unspecified atom stereocenters. The molecule has 1 heterocycles. The molecule has 1 aromatic rings. The molecule has 1 fully saturated rings. The Kier molecular flexibility index (Phi) is 5.00. The molecule has 19 heavy (non-hydrogen) atoms. The highest BCUT2D eigenvalue weighted by Gasteiger charge is 2.14. The molecule has 4 heteroatoms. The number of rotatable bonds is 6. The van der Waals surface area contributed by atoms with Crippen LogP contribution in [0.25, 0.3) is 0 Å². The molecule has 0 spiro atoms. The number of anilines is 2. The summed E-state index contributed by atoms with van der Waals surface area (Å²) in [6, 6.07) is 0. The van der Waals surface area contributed by atoms with Gasteiger partial charge in [-0.25, -0.2) is 9.97 Å². The maximum atomic E-state index is 4.49. The van der Waals surface area contributed by atoms with Gasteiger partial charge in [0.05, 0.1) is 0 Å². The van der Waals surface area contributed by atoms with Crippen molar-refractivity contribution in [3.05, 3.63) is 11.4 Å². The van der Waals surface area contributed by atoms with Gasteiger partial charge in [0.25, 0.3) is 0 Å². The van der Waals surface area contributed by atoms with Crippen LogP contribution in [0.5, 0.6) is 0 Å². The van der Waals surface area contributed by atoms with Gasteiger partial charge in [0.1, 0.15) is 17.5 Å². The van der Waals surface area contributed by atoms with E-state index in [1.165, 1.54) is 38.5 Å². The lowest BCUT2D eigenvalue weighted by molar-refractivity contribution is 0.491. The van der Waals surface area contributed by atoms with Crippen molar-refractivity contribution in [2.24, 2.45) is 5.92 Å². The molecular formula is C15H26N4. The van der Waals surface area contributed by atoms with Crippen LogP contribution >= 0.6 is 0 Å². The smallest absolute Gasteiger partial charge is 0.134 e. The van der Waals surface area contributed by atoms with Crippen molar-refractivity contribution in [2.45, 2.75) is 52.4 Å². The number of nitrogens with one attached hydrogen (secondary N) is 2. The molecule has 106 valence electrons. The fourth-order valence-electron chi connectivity index (χ4n) is 2.94. The molecule has 0 aliphatic heterocycles. The van der Waals surface area contributed by atoms with Gasteiger partial charge in [0.2, 0.25) is 0 Å². The monoisotopic (exact) mass is 262 g/mol. The summed E-state index contributed by atoms with van der Waals surface area (Å²) in [5.74, 6) is 3.69. The van der Waals surface area contributed by atoms with E-state index in [4.69, 9.17) is 0 Å². The summed E-state index contributed by atoms with van der Waals surface area (Å²) in [4.78, 5) is 8.87. The number of aryl methyl sites for hydroxylation is 1. The van der Waals surface area contributed by atoms with Crippen LogP contribution in [0.2, 0.25) is 0 Å². The van der Waals surface area contributed by atoms with Crippen molar-refractivity contribution in [1.82, 2.24) is 9.97 Å². The summed E-state index contributed by atoms with van der Waals surface area (Å²) in [6.45, 7) is 5.01. The van der Waals surface area contributed by atoms with Gasteiger partial charge < -0.3 is 10.6 Å². The van der Waals surface area contributed by atoms with Crippen molar-refractivity contribution in [2.75, 3.05) is 24.2 Å². The molecule has 4 nitrogen and oxygen atoms in total. The van der Waals surface area contributed by atoms with Crippen LogP contribution in [0.15, 0.2) is 0 Å². The van der Waals surface area contributed by atoms with Gasteiger partial charge in [-0.15, -0.1) is 0 Å². The quantitative estimate of drug-likeness (QED) is 0.770. The van der Waals surface area contributed by atoms with E-state index in [0.717, 1.165) is 35.5 Å². The second-order valence-electron chi connectivity index (χ2n) is 5.56. The molecule has 0 radical (unpaired) electrons. The van der Waals surface area contributed by atoms with E-state index in [-0.39, 0.29) is 0 Å². The molecule has 2 N–H and O–H groups in total. The summed E-state index contributed by atoms with van der Waals surface area (Å²) < 4.78 is 0. The summed E-state index contributed by atoms with van der Waals surface area (Å²) in [6.07, 6.45) is 8.35. The third kappa shape index (κ3) is 3.82. The molecule has 0 bridgehead atoms. The fourth-order valence-corrected chi connectivity index (χ4v) is 2.94. The first kappa shape index (κ1) is 14.1. The fraction of sp³-hybridized carbons (Fsp3) is 0.733. The summed E-state index contributed by atoms with van der Waals surface area (Å²) in [5.41, 5.74) is 1.11. The van der Waals surface area contributed by atoms with E-state index < -0.39 is 0 Å². The van der Waals surface area contributed by atoms with Crippen LogP contribution in [0.1, 0.15) is 49.9 Å². The van der Waals surface area contributed by atoms with Gasteiger partial charge in [-0.2, -0.15) is 0 Å². The predicted molar refractivity (Wildman–Crippen MR) is 80.7 cm³/mol. The zero-order chi connectivity index (χ0) is 13.7. The SMILES string of the molecule is CNc1nc(C)nc(NCCCC2CCCC2)c1C. The van der Waals surface area contributed by atoms with Gasteiger partial charge in [-0.3, -0.25) is 0 Å². The molecule has 0 saturated heterocycles. The Hall–Kier alpha value is -1.32. The molecule has 1 aliphatic carbocycles. The lowest BCUT2D eigenvalue weighted by Crippen LogP contribution is -2.10. The Balaban J connectivity index is 1.83. The van der Waals surface area contributed by atoms with Crippen LogP contribution in [-0.2, 0) is 0 Å². The van der Waals surface area contributed by atoms with Crippen LogP contribution < -0.4 is 10.6 Å². The van der Waals surface area contributed by atoms with Crippen molar-refractivity contribution in [3.63, 3.8) is 0 Å². The Morgan fingerprint density at radius 3 is 2.47 bits per heavy atom. The maximum Gasteiger partial charge on any atom is 0.134 e. The van der Waals surface area contributed by atoms with E-state index in [1.54, 1.807) is 0 Å². The van der Waals surface area contributed by atoms with Crippen LogP contribution in [-0.4, -0.2) is 23.6 Å². The molecule has 0 atom stereocenters. The zero-order valence-electron chi connectivity index (χ0n) is 12.4. The largest absolute Gasteiger partial charge is 0.373 e. The zero-order valence-corrected chi connectivity index (χ0v) is 12.4. The lowest BCUT2D eigenvalue weighted by Gasteiger charge is -2.13. The second-order valence-corrected chi connectivity index (χ2v) is 5.56. The van der Waals surface area contributed by atoms with E-state index >= 15 is 0 Å². The second kappa shape index (κ2) is 6.73. The Labute approximate surface area is 116 Å². The van der Waals surface area contributed by atoms with Crippen molar-refractivity contribution < 1.29 is 0 Å². The minimum Gasteiger partial charge on any atom is -0.373 e. The van der Waals surface area contributed by atoms with Gasteiger partial charge in [0, 0.05) is 19.2 Å². The number of aromatic nitrogens is 2. The van der Waals surface area contributed by atoms with Crippen LogP contribution in [0.3, 0.4) is 0 Å². The normalized spacial score (nSPS) is 15.7. The minimum atomic E-state index is 0.813. The molecule has 1 aromatic heterocycles. The first-order valence-electron chi connectivity index (χ1n) is 7.47. The average molecular weight is 262 g/mol. The van der Waals surface area contributed by atoms with E-state index in [9.17, 15) is 0 Å². The van der Waals surface area contributed by atoms with E-state index in [0.29, 0.717) is 0 Å². The van der Waals surface area contributed by atoms with Gasteiger partial charge in [-0.05, 0) is 32.6 Å². The van der Waals surface area contributed by atoms with E-state index in [2.05, 4.69) is 27.5 Å². The van der Waals surface area contributed by atoms with Crippen LogP contribution in [0.4, 0.5) is 11.6 Å². The molecule has 1 aliphatic rings. The first-order valence-corrected chi connectivity index (χ1v) is 7.47. The van der Waals surface area contributed by atoms with Crippen molar-refractivity contribution in [3.8, 4) is 0 Å². The number of hydrogen-bond acceptors (Lipinski definition) is 4. The van der Waals surface area contributed by atoms with Gasteiger partial charge >= 0.3 is 0 Å². The molecule has 0 amide bonds. The van der Waals surface area contributed by atoms with Gasteiger partial charge in [-0.1, -0.05) is 25.7 Å². The number of hydrogen-bond donors (Lipinski definition) is 2. The predicted octanol–water partition coefficient (Wildman–Crippen LogP) is 3.52. The van der Waals surface area contributed by atoms with Crippen LogP contribution in [0, 0.1) is 19.8 Å². The van der Waals surface area contributed by atoms with E-state index in [1.807, 2.05) is 14.0 Å². The van der Waals surface area contributed by atoms with Gasteiger partial charge in [0.15, 0.2) is 0 Å². The van der Waals surface area contributed by atoms with Crippen molar-refractivity contribution in [1.29, 1.82) is 0 Å². The summed E-state index contributed by atoms with van der Waals surface area (Å²) in [5, 5.41) is 6.58. The topological polar surface area (TPSA) is 49.8 Å². The third-order valence-corrected chi connectivity index (χ3v) is 4.05. The average Bonchev–Trinajstić information content (AvgIpc) is 2.91. The minimum absolute atomic E-state index is 0.813. The molecule has 1 saturated carbocycles. The highest BCUT2D eigenvalue weighted by molar-refractivity contribution is 5.56. The Bertz CT molecular complexity index is 411. The molecule has 0 aromatic carbocycles. The molecular weight excluding hydrogens is 236 g/mol. The standard InChI is InChI=1S/C15H26N4/c1-11-14(16-3)18-12(2)19-15(11)17-10-6-9-13-7-4-5-8-13/h13H,4-10H2,1-3H3,(H2,16,17,18,19). The third-order valence-electron chi connectivity index (χ3n) is 4.05. The Morgan fingerprint density at radius 2 is 1.79 bits per heavy atom. The molecule has 2 rings (SSSR count). The van der Waals surface area contributed by atoms with Crippen molar-refractivity contribution >= 4 is 11.6 Å². The highest BCUT2D eigenvalue weighted by atomic mass is 15.1. The first-order chi connectivity index (χ1) is 9.20. The summed E-state index contributed by atoms with van der Waals surface area (Å²) >= 11 is 0. The maximum absolute atomic E-state index is 4.49. The highest BCUT2D eigenvalue weighted by Crippen LogP contribution is 2.28. The summed E-state index contributed by atoms with van der Waals surface area (Å²) in [7, 11) is 1.90.